The summed E-state index contributed by atoms with van der Waals surface area (Å²) in [7, 11) is 0. The Morgan fingerprint density at radius 3 is 2.59 bits per heavy atom. The van der Waals surface area contributed by atoms with Crippen molar-refractivity contribution in [3.8, 4) is 0 Å². The van der Waals surface area contributed by atoms with Gasteiger partial charge in [0, 0.05) is 11.6 Å². The molecule has 0 radical (unpaired) electrons. The van der Waals surface area contributed by atoms with E-state index in [1.54, 1.807) is 10.9 Å². The van der Waals surface area contributed by atoms with Gasteiger partial charge in [0.1, 0.15) is 0 Å². The molecule has 1 aliphatic carbocycles. The molecule has 32 heavy (non-hydrogen) atoms. The average molecular weight is 426 g/mol. The Labute approximate surface area is 187 Å². The predicted molar refractivity (Wildman–Crippen MR) is 129 cm³/mol. The van der Waals surface area contributed by atoms with E-state index in [1.165, 1.54) is 0 Å². The summed E-state index contributed by atoms with van der Waals surface area (Å²) in [6, 6.07) is 13.9. The van der Waals surface area contributed by atoms with Gasteiger partial charge in [0.05, 0.1) is 35.1 Å². The molecule has 0 saturated heterocycles. The van der Waals surface area contributed by atoms with Crippen LogP contribution >= 0.6 is 0 Å². The standard InChI is InChI=1S/C27H27N3O2/c1-17(2)23-12-11-18(15-28-23)13-19-14-22-26(21-8-4-3-7-20(19)21)29-16-30(27(22)32)24-9-5-6-10-25(24)31/h3-4,7-8,11-12,14-16,24-25,31H,1,5-6,9-10,13H2,2H3/t24-,25-/m0/s1. The topological polar surface area (TPSA) is 68.0 Å². The fraction of sp³-hybridized carbons (Fsp3) is 0.296. The fourth-order valence-electron chi connectivity index (χ4n) is 4.85. The molecule has 2 heterocycles. The Morgan fingerprint density at radius 1 is 1.09 bits per heavy atom. The minimum Gasteiger partial charge on any atom is -0.391 e. The molecule has 4 aromatic rings. The number of fused-ring (bicyclic) bond motifs is 3. The molecule has 0 bridgehead atoms. The van der Waals surface area contributed by atoms with E-state index in [9.17, 15) is 9.90 Å². The number of benzene rings is 2. The molecule has 2 aromatic heterocycles. The number of hydrogen-bond acceptors (Lipinski definition) is 4. The summed E-state index contributed by atoms with van der Waals surface area (Å²) in [4.78, 5) is 22.7. The molecule has 1 fully saturated rings. The highest BCUT2D eigenvalue weighted by molar-refractivity contribution is 6.06. The summed E-state index contributed by atoms with van der Waals surface area (Å²) < 4.78 is 1.65. The van der Waals surface area contributed by atoms with Crippen LogP contribution < -0.4 is 5.56 Å². The highest BCUT2D eigenvalue weighted by Gasteiger charge is 2.26. The van der Waals surface area contributed by atoms with Gasteiger partial charge in [0.15, 0.2) is 0 Å². The second kappa shape index (κ2) is 8.32. The summed E-state index contributed by atoms with van der Waals surface area (Å²) in [5.74, 6) is 0. The molecule has 1 saturated carbocycles. The van der Waals surface area contributed by atoms with Gasteiger partial charge in [-0.15, -0.1) is 0 Å². The van der Waals surface area contributed by atoms with Crippen molar-refractivity contribution in [1.82, 2.24) is 14.5 Å². The van der Waals surface area contributed by atoms with Gasteiger partial charge in [0.2, 0.25) is 0 Å². The van der Waals surface area contributed by atoms with Crippen LogP contribution in [-0.2, 0) is 6.42 Å². The molecule has 1 aliphatic rings. The maximum absolute atomic E-state index is 13.5. The number of hydrogen-bond donors (Lipinski definition) is 1. The number of rotatable bonds is 4. The minimum absolute atomic E-state index is 0.0799. The van der Waals surface area contributed by atoms with E-state index >= 15 is 0 Å². The van der Waals surface area contributed by atoms with E-state index in [0.717, 1.165) is 58.8 Å². The normalized spacial score (nSPS) is 18.8. The first-order valence-corrected chi connectivity index (χ1v) is 11.2. The second-order valence-corrected chi connectivity index (χ2v) is 8.86. The SMILES string of the molecule is C=C(C)c1ccc(Cc2cc3c(=O)n([C@H]4CCCC[C@@H]4O)cnc3c3ccccc23)cn1. The van der Waals surface area contributed by atoms with E-state index in [1.807, 2.05) is 43.5 Å². The highest BCUT2D eigenvalue weighted by atomic mass is 16.3. The van der Waals surface area contributed by atoms with E-state index < -0.39 is 6.10 Å². The van der Waals surface area contributed by atoms with Crippen LogP contribution in [0.3, 0.4) is 0 Å². The van der Waals surface area contributed by atoms with Gasteiger partial charge in [-0.1, -0.05) is 49.8 Å². The lowest BCUT2D eigenvalue weighted by Gasteiger charge is -2.29. The molecule has 5 heteroatoms. The summed E-state index contributed by atoms with van der Waals surface area (Å²) in [5, 5.41) is 13.2. The van der Waals surface area contributed by atoms with Crippen LogP contribution in [0.4, 0.5) is 0 Å². The first-order valence-electron chi connectivity index (χ1n) is 11.2. The third-order valence-electron chi connectivity index (χ3n) is 6.59. The van der Waals surface area contributed by atoms with Crippen molar-refractivity contribution in [2.75, 3.05) is 0 Å². The van der Waals surface area contributed by atoms with Gasteiger partial charge in [0.25, 0.3) is 5.56 Å². The van der Waals surface area contributed by atoms with Gasteiger partial charge in [-0.25, -0.2) is 4.98 Å². The van der Waals surface area contributed by atoms with Gasteiger partial charge in [-0.2, -0.15) is 0 Å². The number of pyridine rings is 1. The minimum atomic E-state index is -0.501. The Hall–Kier alpha value is -3.31. The molecule has 0 unspecified atom stereocenters. The summed E-state index contributed by atoms with van der Waals surface area (Å²) in [6.07, 6.45) is 7.21. The first-order chi connectivity index (χ1) is 15.5. The van der Waals surface area contributed by atoms with Crippen LogP contribution in [0.15, 0.2) is 66.4 Å². The molecular formula is C27H27N3O2. The van der Waals surface area contributed by atoms with Gasteiger partial charge in [-0.3, -0.25) is 14.3 Å². The first kappa shape index (κ1) is 20.6. The molecule has 0 aliphatic heterocycles. The van der Waals surface area contributed by atoms with Crippen LogP contribution in [-0.4, -0.2) is 25.7 Å². The third-order valence-corrected chi connectivity index (χ3v) is 6.59. The average Bonchev–Trinajstić information content (AvgIpc) is 2.81. The lowest BCUT2D eigenvalue weighted by molar-refractivity contribution is 0.0735. The van der Waals surface area contributed by atoms with E-state index in [2.05, 4.69) is 28.7 Å². The van der Waals surface area contributed by atoms with Crippen molar-refractivity contribution in [2.45, 2.75) is 51.2 Å². The number of aliphatic hydroxyl groups is 1. The Bertz CT molecular complexity index is 1370. The Morgan fingerprint density at radius 2 is 1.88 bits per heavy atom. The smallest absolute Gasteiger partial charge is 0.261 e. The zero-order valence-corrected chi connectivity index (χ0v) is 18.3. The molecule has 0 spiro atoms. The molecule has 162 valence electrons. The lowest BCUT2D eigenvalue weighted by Crippen LogP contribution is -2.34. The molecule has 2 atom stereocenters. The van der Waals surface area contributed by atoms with Crippen molar-refractivity contribution in [1.29, 1.82) is 0 Å². The Balaban J connectivity index is 1.65. The third kappa shape index (κ3) is 3.63. The van der Waals surface area contributed by atoms with Crippen molar-refractivity contribution in [3.63, 3.8) is 0 Å². The van der Waals surface area contributed by atoms with Gasteiger partial charge >= 0.3 is 0 Å². The van der Waals surface area contributed by atoms with Gasteiger partial charge in [-0.05, 0) is 60.4 Å². The molecule has 1 N–H and O–H groups in total. The molecule has 5 nitrogen and oxygen atoms in total. The monoisotopic (exact) mass is 425 g/mol. The quantitative estimate of drug-likeness (QED) is 0.465. The molecule has 5 rings (SSSR count). The van der Waals surface area contributed by atoms with E-state index in [-0.39, 0.29) is 11.6 Å². The van der Waals surface area contributed by atoms with Crippen LogP contribution in [0, 0.1) is 0 Å². The molecule has 2 aromatic carbocycles. The predicted octanol–water partition coefficient (Wildman–Crippen LogP) is 5.04. The van der Waals surface area contributed by atoms with Crippen molar-refractivity contribution < 1.29 is 5.11 Å². The summed E-state index contributed by atoms with van der Waals surface area (Å²) in [6.45, 7) is 5.90. The number of allylic oxidation sites excluding steroid dienone is 1. The molecule has 0 amide bonds. The zero-order valence-electron chi connectivity index (χ0n) is 18.3. The van der Waals surface area contributed by atoms with Crippen LogP contribution in [0.25, 0.3) is 27.2 Å². The number of aliphatic hydroxyl groups excluding tert-OH is 1. The maximum Gasteiger partial charge on any atom is 0.261 e. The fourth-order valence-corrected chi connectivity index (χ4v) is 4.85. The highest BCUT2D eigenvalue weighted by Crippen LogP contribution is 2.30. The van der Waals surface area contributed by atoms with Crippen molar-refractivity contribution >= 4 is 27.2 Å². The van der Waals surface area contributed by atoms with E-state index in [0.29, 0.717) is 17.3 Å². The van der Waals surface area contributed by atoms with Crippen molar-refractivity contribution in [2.24, 2.45) is 0 Å². The largest absolute Gasteiger partial charge is 0.391 e. The van der Waals surface area contributed by atoms with Crippen LogP contribution in [0.1, 0.15) is 55.5 Å². The second-order valence-electron chi connectivity index (χ2n) is 8.86. The van der Waals surface area contributed by atoms with E-state index in [4.69, 9.17) is 0 Å². The van der Waals surface area contributed by atoms with Gasteiger partial charge < -0.3 is 5.11 Å². The van der Waals surface area contributed by atoms with Crippen LogP contribution in [0.2, 0.25) is 0 Å². The lowest BCUT2D eigenvalue weighted by atomic mass is 9.92. The zero-order chi connectivity index (χ0) is 22.2. The summed E-state index contributed by atoms with van der Waals surface area (Å²) >= 11 is 0. The number of aromatic nitrogens is 3. The molecular weight excluding hydrogens is 398 g/mol. The maximum atomic E-state index is 13.5. The summed E-state index contributed by atoms with van der Waals surface area (Å²) in [5.41, 5.74) is 4.60. The Kier molecular flexibility index (Phi) is 5.35. The number of nitrogens with zero attached hydrogens (tertiary/aromatic N) is 3. The van der Waals surface area contributed by atoms with Crippen molar-refractivity contribution in [3.05, 3.63) is 88.7 Å². The van der Waals surface area contributed by atoms with Crippen LogP contribution in [0.5, 0.6) is 0 Å².